The zero-order valence-electron chi connectivity index (χ0n) is 11.0. The number of nitrogens with zero attached hydrogens (tertiary/aromatic N) is 1. The lowest BCUT2D eigenvalue weighted by molar-refractivity contribution is 0.0770. The van der Waals surface area contributed by atoms with Gasteiger partial charge in [0, 0.05) is 25.7 Å². The standard InChI is InChI=1S/C14H18F2N2O/c1-18(9-11-4-2-3-7-17-11)14(19)12-6-5-10(15)8-13(12)16/h5-6,8,11,17H,2-4,7,9H2,1H3. The molecule has 0 aliphatic carbocycles. The zero-order chi connectivity index (χ0) is 13.8. The molecule has 1 aromatic rings. The third-order valence-electron chi connectivity index (χ3n) is 3.41. The number of carbonyl (C=O) groups is 1. The SMILES string of the molecule is CN(CC1CCCCN1)C(=O)c1ccc(F)cc1F. The van der Waals surface area contributed by atoms with Crippen molar-refractivity contribution in [1.82, 2.24) is 10.2 Å². The van der Waals surface area contributed by atoms with E-state index < -0.39 is 17.5 Å². The zero-order valence-corrected chi connectivity index (χ0v) is 11.0. The number of halogens is 2. The molecule has 0 saturated carbocycles. The lowest BCUT2D eigenvalue weighted by Crippen LogP contribution is -2.44. The van der Waals surface area contributed by atoms with E-state index in [-0.39, 0.29) is 11.6 Å². The average molecular weight is 268 g/mol. The molecule has 1 fully saturated rings. The van der Waals surface area contributed by atoms with Gasteiger partial charge in [-0.1, -0.05) is 6.42 Å². The van der Waals surface area contributed by atoms with Crippen molar-refractivity contribution >= 4 is 5.91 Å². The molecular formula is C14H18F2N2O. The largest absolute Gasteiger partial charge is 0.340 e. The predicted octanol–water partition coefficient (Wildman–Crippen LogP) is 2.18. The highest BCUT2D eigenvalue weighted by molar-refractivity contribution is 5.94. The molecule has 104 valence electrons. The van der Waals surface area contributed by atoms with E-state index in [9.17, 15) is 13.6 Å². The summed E-state index contributed by atoms with van der Waals surface area (Å²) < 4.78 is 26.3. The van der Waals surface area contributed by atoms with Crippen LogP contribution in [0, 0.1) is 11.6 Å². The molecule has 3 nitrogen and oxygen atoms in total. The highest BCUT2D eigenvalue weighted by Crippen LogP contribution is 2.13. The van der Waals surface area contributed by atoms with Gasteiger partial charge in [0.2, 0.25) is 0 Å². The van der Waals surface area contributed by atoms with E-state index in [1.54, 1.807) is 7.05 Å². The van der Waals surface area contributed by atoms with Crippen LogP contribution in [0.15, 0.2) is 18.2 Å². The fraction of sp³-hybridized carbons (Fsp3) is 0.500. The Labute approximate surface area is 111 Å². The molecule has 5 heteroatoms. The minimum Gasteiger partial charge on any atom is -0.340 e. The van der Waals surface area contributed by atoms with Gasteiger partial charge in [0.1, 0.15) is 11.6 Å². The van der Waals surface area contributed by atoms with Crippen LogP contribution in [0.25, 0.3) is 0 Å². The normalized spacial score (nSPS) is 19.2. The highest BCUT2D eigenvalue weighted by atomic mass is 19.1. The number of carbonyl (C=O) groups excluding carboxylic acids is 1. The second-order valence-corrected chi connectivity index (χ2v) is 4.96. The van der Waals surface area contributed by atoms with Crippen molar-refractivity contribution in [2.24, 2.45) is 0 Å². The molecule has 1 heterocycles. The first-order chi connectivity index (χ1) is 9.08. The molecule has 1 atom stereocenters. The van der Waals surface area contributed by atoms with Crippen LogP contribution in [0.3, 0.4) is 0 Å². The molecule has 0 bridgehead atoms. The average Bonchev–Trinajstić information content (AvgIpc) is 2.39. The fourth-order valence-electron chi connectivity index (χ4n) is 2.36. The van der Waals surface area contributed by atoms with E-state index in [4.69, 9.17) is 0 Å². The van der Waals surface area contributed by atoms with Crippen molar-refractivity contribution in [3.8, 4) is 0 Å². The van der Waals surface area contributed by atoms with Gasteiger partial charge in [0.15, 0.2) is 0 Å². The molecule has 1 aliphatic rings. The summed E-state index contributed by atoms with van der Waals surface area (Å²) in [6, 6.07) is 3.28. The smallest absolute Gasteiger partial charge is 0.256 e. The van der Waals surface area contributed by atoms with E-state index >= 15 is 0 Å². The number of likely N-dealkylation sites (N-methyl/N-ethyl adjacent to an activating group) is 1. The molecule has 1 aliphatic heterocycles. The molecule has 1 aromatic carbocycles. The summed E-state index contributed by atoms with van der Waals surface area (Å²) in [7, 11) is 1.64. The van der Waals surface area contributed by atoms with Gasteiger partial charge in [-0.05, 0) is 31.5 Å². The van der Waals surface area contributed by atoms with E-state index in [1.165, 1.54) is 11.0 Å². The maximum atomic E-state index is 13.5. The van der Waals surface area contributed by atoms with Crippen LogP contribution in [0.2, 0.25) is 0 Å². The number of rotatable bonds is 3. The van der Waals surface area contributed by atoms with Gasteiger partial charge in [0.05, 0.1) is 5.56 Å². The first-order valence-corrected chi connectivity index (χ1v) is 6.52. The second-order valence-electron chi connectivity index (χ2n) is 4.96. The first-order valence-electron chi connectivity index (χ1n) is 6.52. The van der Waals surface area contributed by atoms with Gasteiger partial charge in [-0.3, -0.25) is 4.79 Å². The third kappa shape index (κ3) is 3.50. The minimum atomic E-state index is -0.812. The molecule has 1 unspecified atom stereocenters. The number of benzene rings is 1. The fourth-order valence-corrected chi connectivity index (χ4v) is 2.36. The van der Waals surface area contributed by atoms with Crippen molar-refractivity contribution in [2.75, 3.05) is 20.1 Å². The third-order valence-corrected chi connectivity index (χ3v) is 3.41. The molecule has 2 rings (SSSR count). The number of piperidine rings is 1. The highest BCUT2D eigenvalue weighted by Gasteiger charge is 2.20. The Bertz CT molecular complexity index is 459. The number of amides is 1. The maximum absolute atomic E-state index is 13.5. The van der Waals surface area contributed by atoms with Crippen LogP contribution in [0.1, 0.15) is 29.6 Å². The van der Waals surface area contributed by atoms with Crippen molar-refractivity contribution in [2.45, 2.75) is 25.3 Å². The van der Waals surface area contributed by atoms with Crippen LogP contribution in [-0.4, -0.2) is 37.0 Å². The molecular weight excluding hydrogens is 250 g/mol. The summed E-state index contributed by atoms with van der Waals surface area (Å²) in [5.41, 5.74) is -0.0836. The van der Waals surface area contributed by atoms with Gasteiger partial charge in [-0.2, -0.15) is 0 Å². The van der Waals surface area contributed by atoms with Crippen molar-refractivity contribution < 1.29 is 13.6 Å². The summed E-state index contributed by atoms with van der Waals surface area (Å²) in [5, 5.41) is 3.33. The van der Waals surface area contributed by atoms with Crippen molar-refractivity contribution in [3.05, 3.63) is 35.4 Å². The Morgan fingerprint density at radius 1 is 1.42 bits per heavy atom. The van der Waals surface area contributed by atoms with Gasteiger partial charge in [-0.15, -0.1) is 0 Å². The Morgan fingerprint density at radius 3 is 2.84 bits per heavy atom. The predicted molar refractivity (Wildman–Crippen MR) is 69.0 cm³/mol. The molecule has 0 aromatic heterocycles. The van der Waals surface area contributed by atoms with Crippen molar-refractivity contribution in [3.63, 3.8) is 0 Å². The van der Waals surface area contributed by atoms with E-state index in [1.807, 2.05) is 0 Å². The van der Waals surface area contributed by atoms with Crippen LogP contribution >= 0.6 is 0 Å². The summed E-state index contributed by atoms with van der Waals surface area (Å²) in [5.74, 6) is -1.90. The maximum Gasteiger partial charge on any atom is 0.256 e. The number of nitrogens with one attached hydrogen (secondary N) is 1. The van der Waals surface area contributed by atoms with Gasteiger partial charge >= 0.3 is 0 Å². The van der Waals surface area contributed by atoms with Crippen LogP contribution in [0.5, 0.6) is 0 Å². The quantitative estimate of drug-likeness (QED) is 0.911. The topological polar surface area (TPSA) is 32.3 Å². The lowest BCUT2D eigenvalue weighted by atomic mass is 10.0. The molecule has 0 radical (unpaired) electrons. The molecule has 19 heavy (non-hydrogen) atoms. The Hall–Kier alpha value is -1.49. The summed E-state index contributed by atoms with van der Waals surface area (Å²) in [6.45, 7) is 1.49. The van der Waals surface area contributed by atoms with Crippen LogP contribution in [-0.2, 0) is 0 Å². The number of hydrogen-bond acceptors (Lipinski definition) is 2. The molecule has 1 saturated heterocycles. The van der Waals surface area contributed by atoms with E-state index in [0.717, 1.165) is 37.9 Å². The van der Waals surface area contributed by atoms with Gasteiger partial charge in [0.25, 0.3) is 5.91 Å². The Morgan fingerprint density at radius 2 is 2.21 bits per heavy atom. The summed E-state index contributed by atoms with van der Waals surface area (Å²) in [6.07, 6.45) is 3.31. The van der Waals surface area contributed by atoms with Crippen LogP contribution in [0.4, 0.5) is 8.78 Å². The van der Waals surface area contributed by atoms with Crippen LogP contribution < -0.4 is 5.32 Å². The molecule has 0 spiro atoms. The Kier molecular flexibility index (Phi) is 4.47. The van der Waals surface area contributed by atoms with Gasteiger partial charge < -0.3 is 10.2 Å². The summed E-state index contributed by atoms with van der Waals surface area (Å²) >= 11 is 0. The van der Waals surface area contributed by atoms with Crippen molar-refractivity contribution in [1.29, 1.82) is 0 Å². The molecule has 1 amide bonds. The summed E-state index contributed by atoms with van der Waals surface area (Å²) in [4.78, 5) is 13.6. The Balaban J connectivity index is 2.01. The lowest BCUT2D eigenvalue weighted by Gasteiger charge is -2.28. The second kappa shape index (κ2) is 6.10. The van der Waals surface area contributed by atoms with E-state index in [2.05, 4.69) is 5.32 Å². The molecule has 1 N–H and O–H groups in total. The number of hydrogen-bond donors (Lipinski definition) is 1. The minimum absolute atomic E-state index is 0.0836. The monoisotopic (exact) mass is 268 g/mol. The van der Waals surface area contributed by atoms with Gasteiger partial charge in [-0.25, -0.2) is 8.78 Å². The first kappa shape index (κ1) is 13.9. The van der Waals surface area contributed by atoms with E-state index in [0.29, 0.717) is 6.54 Å².